The average molecular weight is 361 g/mol. The van der Waals surface area contributed by atoms with Crippen molar-refractivity contribution in [2.24, 2.45) is 0 Å². The van der Waals surface area contributed by atoms with E-state index in [9.17, 15) is 14.7 Å². The van der Waals surface area contributed by atoms with Crippen molar-refractivity contribution in [1.82, 2.24) is 9.55 Å². The molecule has 1 heterocycles. The number of nitriles is 1. The zero-order valence-electron chi connectivity index (χ0n) is 14.1. The quantitative estimate of drug-likeness (QED) is 0.348. The second-order valence-electron chi connectivity index (χ2n) is 5.49. The van der Waals surface area contributed by atoms with Crippen LogP contribution in [0.1, 0.15) is 30.1 Å². The molecule has 7 nitrogen and oxygen atoms in total. The molecule has 132 valence electrons. The van der Waals surface area contributed by atoms with Crippen LogP contribution in [0.4, 0.5) is 0 Å². The van der Waals surface area contributed by atoms with Crippen LogP contribution in [-0.2, 0) is 11.3 Å². The van der Waals surface area contributed by atoms with Crippen molar-refractivity contribution in [3.63, 3.8) is 0 Å². The Labute approximate surface area is 149 Å². The Hall–Kier alpha value is -2.37. The number of carbonyl (C=O) groups excluding carboxylic acids is 1. The molecule has 0 aliphatic rings. The zero-order valence-corrected chi connectivity index (χ0v) is 14.9. The lowest BCUT2D eigenvalue weighted by molar-refractivity contribution is 0.0601. The van der Waals surface area contributed by atoms with E-state index in [0.29, 0.717) is 40.2 Å². The second kappa shape index (κ2) is 8.65. The van der Waals surface area contributed by atoms with Crippen LogP contribution < -0.4 is 5.56 Å². The number of thioether (sulfide) groups is 1. The fourth-order valence-electron chi connectivity index (χ4n) is 2.30. The van der Waals surface area contributed by atoms with Gasteiger partial charge in [-0.25, -0.2) is 9.78 Å². The summed E-state index contributed by atoms with van der Waals surface area (Å²) in [5.41, 5.74) is 0.443. The fourth-order valence-corrected chi connectivity index (χ4v) is 3.24. The molecule has 2 aromatic rings. The van der Waals surface area contributed by atoms with Gasteiger partial charge in [0.25, 0.3) is 5.56 Å². The van der Waals surface area contributed by atoms with E-state index in [1.807, 2.05) is 0 Å². The molecule has 0 spiro atoms. The number of unbranched alkanes of at least 4 members (excludes halogenated alkanes) is 1. The predicted molar refractivity (Wildman–Crippen MR) is 94.6 cm³/mol. The van der Waals surface area contributed by atoms with Crippen molar-refractivity contribution in [3.05, 3.63) is 34.1 Å². The molecule has 1 N–H and O–H groups in total. The van der Waals surface area contributed by atoms with E-state index in [4.69, 9.17) is 10.00 Å². The number of fused-ring (bicyclic) bond motifs is 1. The number of aliphatic hydroxyl groups excluding tert-OH is 1. The normalized spacial score (nSPS) is 11.9. The number of ether oxygens (including phenoxy) is 1. The lowest BCUT2D eigenvalue weighted by Crippen LogP contribution is -2.28. The van der Waals surface area contributed by atoms with Crippen LogP contribution in [0.15, 0.2) is 28.2 Å². The highest BCUT2D eigenvalue weighted by Crippen LogP contribution is 2.20. The van der Waals surface area contributed by atoms with Gasteiger partial charge in [0.05, 0.1) is 42.3 Å². The minimum Gasteiger partial charge on any atom is -0.465 e. The van der Waals surface area contributed by atoms with Gasteiger partial charge < -0.3 is 9.84 Å². The van der Waals surface area contributed by atoms with Gasteiger partial charge in [-0.05, 0) is 31.5 Å². The number of hydrogen-bond acceptors (Lipinski definition) is 7. The van der Waals surface area contributed by atoms with Crippen LogP contribution in [0, 0.1) is 11.3 Å². The van der Waals surface area contributed by atoms with E-state index in [1.54, 1.807) is 13.0 Å². The van der Waals surface area contributed by atoms with Gasteiger partial charge >= 0.3 is 5.97 Å². The smallest absolute Gasteiger partial charge is 0.337 e. The Morgan fingerprint density at radius 2 is 2.28 bits per heavy atom. The molecule has 0 amide bonds. The predicted octanol–water partition coefficient (Wildman–Crippen LogP) is 1.96. The van der Waals surface area contributed by atoms with Crippen molar-refractivity contribution in [3.8, 4) is 6.07 Å². The zero-order chi connectivity index (χ0) is 18.4. The van der Waals surface area contributed by atoms with Crippen LogP contribution in [0.2, 0.25) is 0 Å². The average Bonchev–Trinajstić information content (AvgIpc) is 2.60. The van der Waals surface area contributed by atoms with E-state index >= 15 is 0 Å². The molecule has 0 saturated carbocycles. The number of esters is 1. The van der Waals surface area contributed by atoms with Crippen LogP contribution in [0.5, 0.6) is 0 Å². The Balaban J connectivity index is 2.51. The summed E-state index contributed by atoms with van der Waals surface area (Å²) in [5.74, 6) is 0.127. The molecule has 8 heteroatoms. The third-order valence-electron chi connectivity index (χ3n) is 3.45. The lowest BCUT2D eigenvalue weighted by atomic mass is 10.1. The first-order chi connectivity index (χ1) is 12.0. The van der Waals surface area contributed by atoms with Crippen LogP contribution in [0.3, 0.4) is 0 Å². The van der Waals surface area contributed by atoms with E-state index in [0.717, 1.165) is 0 Å². The number of rotatable bonds is 7. The molecule has 1 atom stereocenters. The topological polar surface area (TPSA) is 105 Å². The van der Waals surface area contributed by atoms with Crippen molar-refractivity contribution in [2.45, 2.75) is 37.6 Å². The van der Waals surface area contributed by atoms with Gasteiger partial charge in [-0.3, -0.25) is 9.36 Å². The lowest BCUT2D eigenvalue weighted by Gasteiger charge is -2.14. The maximum absolute atomic E-state index is 12.8. The van der Waals surface area contributed by atoms with Crippen molar-refractivity contribution >= 4 is 28.6 Å². The number of aromatic nitrogens is 2. The molecule has 25 heavy (non-hydrogen) atoms. The first-order valence-electron chi connectivity index (χ1n) is 7.78. The summed E-state index contributed by atoms with van der Waals surface area (Å²) in [6.07, 6.45) is 0.393. The molecule has 0 unspecified atom stereocenters. The summed E-state index contributed by atoms with van der Waals surface area (Å²) in [4.78, 5) is 28.9. The Morgan fingerprint density at radius 3 is 2.92 bits per heavy atom. The highest BCUT2D eigenvalue weighted by atomic mass is 32.2. The van der Waals surface area contributed by atoms with Crippen LogP contribution in [-0.4, -0.2) is 39.6 Å². The number of carbonyl (C=O) groups is 1. The molecule has 0 aliphatic carbocycles. The van der Waals surface area contributed by atoms with Crippen LogP contribution in [0.25, 0.3) is 10.9 Å². The molecular formula is C17H19N3O4S. The Kier molecular flexibility index (Phi) is 6.56. The number of nitrogens with zero attached hydrogens (tertiary/aromatic N) is 3. The van der Waals surface area contributed by atoms with Gasteiger partial charge in [-0.2, -0.15) is 5.26 Å². The maximum Gasteiger partial charge on any atom is 0.337 e. The minimum absolute atomic E-state index is 0.126. The van der Waals surface area contributed by atoms with Gasteiger partial charge in [-0.1, -0.05) is 11.8 Å². The third kappa shape index (κ3) is 4.59. The summed E-state index contributed by atoms with van der Waals surface area (Å²) in [6.45, 7) is 1.72. The molecule has 1 aromatic carbocycles. The first kappa shape index (κ1) is 19.0. The third-order valence-corrected chi connectivity index (χ3v) is 4.51. The maximum atomic E-state index is 12.8. The summed E-state index contributed by atoms with van der Waals surface area (Å²) >= 11 is 1.35. The molecule has 1 aromatic heterocycles. The fraction of sp³-hybridized carbons (Fsp3) is 0.412. The SMILES string of the molecule is COC(=O)c1ccc2c(=O)n(C[C@H](C)O)c(SCCCC#N)nc2c1. The molecular weight excluding hydrogens is 342 g/mol. The molecule has 0 aliphatic heterocycles. The Bertz CT molecular complexity index is 871. The summed E-state index contributed by atoms with van der Waals surface area (Å²) in [6, 6.07) is 6.66. The molecule has 2 rings (SSSR count). The summed E-state index contributed by atoms with van der Waals surface area (Å²) < 4.78 is 6.13. The monoisotopic (exact) mass is 361 g/mol. The van der Waals surface area contributed by atoms with Gasteiger partial charge in [0.15, 0.2) is 5.16 Å². The van der Waals surface area contributed by atoms with E-state index in [2.05, 4.69) is 11.1 Å². The molecule has 0 saturated heterocycles. The van der Waals surface area contributed by atoms with Crippen molar-refractivity contribution in [2.75, 3.05) is 12.9 Å². The first-order valence-corrected chi connectivity index (χ1v) is 8.77. The van der Waals surface area contributed by atoms with E-state index in [-0.39, 0.29) is 12.1 Å². The summed E-state index contributed by atoms with van der Waals surface area (Å²) in [5, 5.41) is 19.1. The Morgan fingerprint density at radius 1 is 1.52 bits per heavy atom. The van der Waals surface area contributed by atoms with Crippen molar-refractivity contribution in [1.29, 1.82) is 5.26 Å². The van der Waals surface area contributed by atoms with E-state index in [1.165, 1.54) is 35.6 Å². The molecule has 0 fully saturated rings. The second-order valence-corrected chi connectivity index (χ2v) is 6.55. The highest BCUT2D eigenvalue weighted by Gasteiger charge is 2.15. The molecule has 0 radical (unpaired) electrons. The van der Waals surface area contributed by atoms with Gasteiger partial charge in [0.2, 0.25) is 0 Å². The number of hydrogen-bond donors (Lipinski definition) is 1. The van der Waals surface area contributed by atoms with Crippen LogP contribution >= 0.6 is 11.8 Å². The largest absolute Gasteiger partial charge is 0.465 e. The minimum atomic E-state index is -0.704. The standard InChI is InChI=1S/C17H19N3O4S/c1-11(21)10-20-15(22)13-6-5-12(16(23)24-2)9-14(13)19-17(20)25-8-4-3-7-18/h5-6,9,11,21H,3-4,8,10H2,1-2H3/t11-/m0/s1. The number of aliphatic hydroxyl groups is 1. The summed E-state index contributed by atoms with van der Waals surface area (Å²) in [7, 11) is 1.29. The van der Waals surface area contributed by atoms with Gasteiger partial charge in [0, 0.05) is 12.2 Å². The van der Waals surface area contributed by atoms with Gasteiger partial charge in [0.1, 0.15) is 0 Å². The highest BCUT2D eigenvalue weighted by molar-refractivity contribution is 7.99. The number of methoxy groups -OCH3 is 1. The van der Waals surface area contributed by atoms with E-state index < -0.39 is 12.1 Å². The van der Waals surface area contributed by atoms with Crippen molar-refractivity contribution < 1.29 is 14.6 Å². The molecule has 0 bridgehead atoms. The van der Waals surface area contributed by atoms with Gasteiger partial charge in [-0.15, -0.1) is 0 Å². The number of benzene rings is 1.